The third kappa shape index (κ3) is 6.68. The Labute approximate surface area is 172 Å². The highest BCUT2D eigenvalue weighted by molar-refractivity contribution is 6.30. The van der Waals surface area contributed by atoms with Crippen molar-refractivity contribution in [3.63, 3.8) is 0 Å². The number of halogens is 1. The van der Waals surface area contributed by atoms with Gasteiger partial charge >= 0.3 is 0 Å². The molecular weight excluding hydrogens is 372 g/mol. The number of carbonyl (C=O) groups excluding carboxylic acids is 2. The second-order valence-electron chi connectivity index (χ2n) is 6.88. The SMILES string of the molecule is CCCCNC(=O)[C@H](CC)N(Cc1ccccc1)C(=O)Cc1ccc(Cl)cc1. The summed E-state index contributed by atoms with van der Waals surface area (Å²) < 4.78 is 0. The Morgan fingerprint density at radius 1 is 1.00 bits per heavy atom. The summed E-state index contributed by atoms with van der Waals surface area (Å²) in [7, 11) is 0. The van der Waals surface area contributed by atoms with Crippen molar-refractivity contribution < 1.29 is 9.59 Å². The summed E-state index contributed by atoms with van der Waals surface area (Å²) in [5.74, 6) is -0.153. The van der Waals surface area contributed by atoms with Gasteiger partial charge in [0.1, 0.15) is 6.04 Å². The average Bonchev–Trinajstić information content (AvgIpc) is 2.70. The third-order valence-corrected chi connectivity index (χ3v) is 4.93. The molecule has 0 heterocycles. The van der Waals surface area contributed by atoms with Gasteiger partial charge in [-0.15, -0.1) is 0 Å². The van der Waals surface area contributed by atoms with Crippen LogP contribution in [0.4, 0.5) is 0 Å². The number of amides is 2. The molecule has 0 spiro atoms. The monoisotopic (exact) mass is 400 g/mol. The Morgan fingerprint density at radius 3 is 2.29 bits per heavy atom. The second kappa shape index (κ2) is 11.5. The van der Waals surface area contributed by atoms with Gasteiger partial charge in [-0.2, -0.15) is 0 Å². The van der Waals surface area contributed by atoms with E-state index in [4.69, 9.17) is 11.6 Å². The molecular formula is C23H29ClN2O2. The van der Waals surface area contributed by atoms with E-state index in [1.165, 1.54) is 0 Å². The van der Waals surface area contributed by atoms with E-state index in [9.17, 15) is 9.59 Å². The minimum atomic E-state index is -0.489. The first kappa shape index (κ1) is 22.0. The quantitative estimate of drug-likeness (QED) is 0.592. The molecule has 0 aliphatic carbocycles. The van der Waals surface area contributed by atoms with Crippen LogP contribution in [0.15, 0.2) is 54.6 Å². The van der Waals surface area contributed by atoms with Gasteiger partial charge in [-0.1, -0.05) is 74.3 Å². The number of nitrogens with one attached hydrogen (secondary N) is 1. The van der Waals surface area contributed by atoms with Gasteiger partial charge in [0.25, 0.3) is 0 Å². The molecule has 150 valence electrons. The molecule has 5 heteroatoms. The van der Waals surface area contributed by atoms with Gasteiger partial charge < -0.3 is 10.2 Å². The van der Waals surface area contributed by atoms with Crippen molar-refractivity contribution in [1.82, 2.24) is 10.2 Å². The summed E-state index contributed by atoms with van der Waals surface area (Å²) in [5.41, 5.74) is 1.89. The average molecular weight is 401 g/mol. The third-order valence-electron chi connectivity index (χ3n) is 4.68. The minimum Gasteiger partial charge on any atom is -0.354 e. The van der Waals surface area contributed by atoms with Crippen molar-refractivity contribution in [1.29, 1.82) is 0 Å². The maximum atomic E-state index is 13.1. The van der Waals surface area contributed by atoms with Crippen molar-refractivity contribution in [2.45, 2.75) is 52.1 Å². The number of hydrogen-bond acceptors (Lipinski definition) is 2. The fourth-order valence-electron chi connectivity index (χ4n) is 3.08. The topological polar surface area (TPSA) is 49.4 Å². The van der Waals surface area contributed by atoms with Crippen LogP contribution in [0.2, 0.25) is 5.02 Å². The molecule has 0 saturated carbocycles. The van der Waals surface area contributed by atoms with E-state index in [1.54, 1.807) is 17.0 Å². The standard InChI is InChI=1S/C23H29ClN2O2/c1-3-5-15-25-23(28)21(4-2)26(17-19-9-7-6-8-10-19)22(27)16-18-11-13-20(24)14-12-18/h6-14,21H,3-5,15-17H2,1-2H3,(H,25,28)/t21-/m0/s1. The zero-order valence-corrected chi connectivity index (χ0v) is 17.4. The summed E-state index contributed by atoms with van der Waals surface area (Å²) >= 11 is 5.94. The molecule has 0 unspecified atom stereocenters. The highest BCUT2D eigenvalue weighted by Crippen LogP contribution is 2.16. The minimum absolute atomic E-state index is 0.0660. The first-order valence-electron chi connectivity index (χ1n) is 9.90. The Hall–Kier alpha value is -2.33. The number of nitrogens with zero attached hydrogens (tertiary/aromatic N) is 1. The first-order valence-corrected chi connectivity index (χ1v) is 10.3. The van der Waals surface area contributed by atoms with Crippen LogP contribution in [0.3, 0.4) is 0 Å². The zero-order valence-electron chi connectivity index (χ0n) is 16.7. The number of rotatable bonds is 10. The number of benzene rings is 2. The van der Waals surface area contributed by atoms with Crippen LogP contribution in [0.25, 0.3) is 0 Å². The lowest BCUT2D eigenvalue weighted by Gasteiger charge is -2.31. The molecule has 0 bridgehead atoms. The van der Waals surface area contributed by atoms with Gasteiger partial charge in [0.05, 0.1) is 6.42 Å². The van der Waals surface area contributed by atoms with E-state index >= 15 is 0 Å². The van der Waals surface area contributed by atoms with Crippen LogP contribution in [-0.2, 0) is 22.6 Å². The fourth-order valence-corrected chi connectivity index (χ4v) is 3.21. The second-order valence-corrected chi connectivity index (χ2v) is 7.32. The van der Waals surface area contributed by atoms with Crippen molar-refractivity contribution in [3.05, 3.63) is 70.7 Å². The lowest BCUT2D eigenvalue weighted by molar-refractivity contribution is -0.140. The molecule has 28 heavy (non-hydrogen) atoms. The molecule has 2 amide bonds. The molecule has 0 aliphatic heterocycles. The normalized spacial score (nSPS) is 11.7. The molecule has 0 fully saturated rings. The van der Waals surface area contributed by atoms with Gasteiger partial charge in [-0.05, 0) is 36.1 Å². The first-order chi connectivity index (χ1) is 13.5. The number of unbranched alkanes of at least 4 members (excludes halogenated alkanes) is 1. The predicted octanol–water partition coefficient (Wildman–Crippen LogP) is 4.61. The van der Waals surface area contributed by atoms with Gasteiger partial charge in [-0.25, -0.2) is 0 Å². The van der Waals surface area contributed by atoms with Gasteiger partial charge in [-0.3, -0.25) is 9.59 Å². The lowest BCUT2D eigenvalue weighted by Crippen LogP contribution is -2.49. The van der Waals surface area contributed by atoms with Gasteiger partial charge in [0.15, 0.2) is 0 Å². The molecule has 0 radical (unpaired) electrons. The Kier molecular flexibility index (Phi) is 9.02. The van der Waals surface area contributed by atoms with Crippen LogP contribution in [-0.4, -0.2) is 29.3 Å². The largest absolute Gasteiger partial charge is 0.354 e. The molecule has 0 aliphatic rings. The number of hydrogen-bond donors (Lipinski definition) is 1. The summed E-state index contributed by atoms with van der Waals surface area (Å²) in [4.78, 5) is 27.6. The van der Waals surface area contributed by atoms with E-state index < -0.39 is 6.04 Å². The summed E-state index contributed by atoms with van der Waals surface area (Å²) in [6.07, 6.45) is 2.75. The Morgan fingerprint density at radius 2 is 1.68 bits per heavy atom. The Balaban J connectivity index is 2.19. The van der Waals surface area contributed by atoms with Crippen molar-refractivity contribution in [3.8, 4) is 0 Å². The highest BCUT2D eigenvalue weighted by Gasteiger charge is 2.28. The van der Waals surface area contributed by atoms with E-state index in [0.717, 1.165) is 24.0 Å². The van der Waals surface area contributed by atoms with Crippen LogP contribution < -0.4 is 5.32 Å². The molecule has 0 saturated heterocycles. The molecule has 0 aromatic heterocycles. The predicted molar refractivity (Wildman–Crippen MR) is 114 cm³/mol. The van der Waals surface area contributed by atoms with Crippen molar-refractivity contribution in [2.75, 3.05) is 6.54 Å². The fraction of sp³-hybridized carbons (Fsp3) is 0.391. The van der Waals surface area contributed by atoms with Crippen LogP contribution in [0.1, 0.15) is 44.2 Å². The summed E-state index contributed by atoms with van der Waals surface area (Å²) in [5, 5.41) is 3.61. The smallest absolute Gasteiger partial charge is 0.242 e. The van der Waals surface area contributed by atoms with Gasteiger partial charge in [0.2, 0.25) is 11.8 Å². The molecule has 2 aromatic carbocycles. The highest BCUT2D eigenvalue weighted by atomic mass is 35.5. The maximum Gasteiger partial charge on any atom is 0.242 e. The van der Waals surface area contributed by atoms with Crippen molar-refractivity contribution in [2.24, 2.45) is 0 Å². The van der Waals surface area contributed by atoms with E-state index in [-0.39, 0.29) is 18.2 Å². The molecule has 2 aromatic rings. The Bertz CT molecular complexity index is 747. The lowest BCUT2D eigenvalue weighted by atomic mass is 10.1. The summed E-state index contributed by atoms with van der Waals surface area (Å²) in [6.45, 7) is 5.07. The number of carbonyl (C=O) groups is 2. The van der Waals surface area contributed by atoms with Crippen LogP contribution >= 0.6 is 11.6 Å². The van der Waals surface area contributed by atoms with E-state index in [2.05, 4.69) is 12.2 Å². The maximum absolute atomic E-state index is 13.1. The molecule has 2 rings (SSSR count). The summed E-state index contributed by atoms with van der Waals surface area (Å²) in [6, 6.07) is 16.6. The molecule has 1 atom stereocenters. The van der Waals surface area contributed by atoms with Crippen LogP contribution in [0.5, 0.6) is 0 Å². The van der Waals surface area contributed by atoms with E-state index in [1.807, 2.05) is 49.4 Å². The zero-order chi connectivity index (χ0) is 20.4. The van der Waals surface area contributed by atoms with E-state index in [0.29, 0.717) is 24.5 Å². The van der Waals surface area contributed by atoms with Crippen molar-refractivity contribution >= 4 is 23.4 Å². The molecule has 1 N–H and O–H groups in total. The molecule has 4 nitrogen and oxygen atoms in total. The van der Waals surface area contributed by atoms with Crippen LogP contribution in [0, 0.1) is 0 Å². The van der Waals surface area contributed by atoms with Gasteiger partial charge in [0, 0.05) is 18.1 Å².